The second-order valence-corrected chi connectivity index (χ2v) is 5.61. The van der Waals surface area contributed by atoms with Crippen molar-refractivity contribution in [2.45, 2.75) is 13.3 Å². The highest BCUT2D eigenvalue weighted by Crippen LogP contribution is 2.25. The summed E-state index contributed by atoms with van der Waals surface area (Å²) in [5.41, 5.74) is 1.09. The molecule has 2 rings (SSSR count). The minimum Gasteiger partial charge on any atom is -0.484 e. The Morgan fingerprint density at radius 3 is 2.39 bits per heavy atom. The van der Waals surface area contributed by atoms with E-state index in [4.69, 9.17) is 27.9 Å². The predicted octanol–water partition coefficient (Wildman–Crippen LogP) is 4.60. The molecule has 1 amide bonds. The van der Waals surface area contributed by atoms with Gasteiger partial charge in [0.25, 0.3) is 5.91 Å². The number of carbonyl (C=O) groups excluding carboxylic acids is 2. The van der Waals surface area contributed by atoms with Crippen molar-refractivity contribution in [1.29, 1.82) is 0 Å². The second kappa shape index (κ2) is 7.99. The molecule has 0 aliphatic rings. The number of ketones is 1. The molecule has 2 aromatic rings. The van der Waals surface area contributed by atoms with E-state index in [0.717, 1.165) is 0 Å². The predicted molar refractivity (Wildman–Crippen MR) is 91.7 cm³/mol. The Balaban J connectivity index is 1.90. The van der Waals surface area contributed by atoms with Crippen LogP contribution in [0.25, 0.3) is 0 Å². The molecule has 23 heavy (non-hydrogen) atoms. The van der Waals surface area contributed by atoms with Crippen LogP contribution in [-0.2, 0) is 4.79 Å². The summed E-state index contributed by atoms with van der Waals surface area (Å²) in [6.45, 7) is 1.64. The van der Waals surface area contributed by atoms with Gasteiger partial charge in [-0.1, -0.05) is 30.1 Å². The first kappa shape index (κ1) is 17.3. The molecule has 0 atom stereocenters. The lowest BCUT2D eigenvalue weighted by Gasteiger charge is -2.09. The lowest BCUT2D eigenvalue weighted by atomic mass is 10.1. The molecule has 2 aromatic carbocycles. The standard InChI is InChI=1S/C17H15Cl2NO3/c1-2-16(21)11-3-6-13(7-4-11)23-10-17(22)20-15-8-5-12(18)9-14(15)19/h3-9H,2,10H2,1H3,(H,20,22). The van der Waals surface area contributed by atoms with Crippen molar-refractivity contribution in [2.24, 2.45) is 0 Å². The highest BCUT2D eigenvalue weighted by Gasteiger charge is 2.08. The van der Waals surface area contributed by atoms with Crippen LogP contribution in [-0.4, -0.2) is 18.3 Å². The molecule has 0 spiro atoms. The number of nitrogens with one attached hydrogen (secondary N) is 1. The first-order chi connectivity index (χ1) is 11.0. The van der Waals surface area contributed by atoms with Crippen LogP contribution in [0.5, 0.6) is 5.75 Å². The zero-order valence-corrected chi connectivity index (χ0v) is 13.9. The van der Waals surface area contributed by atoms with Gasteiger partial charge >= 0.3 is 0 Å². The minimum atomic E-state index is -0.345. The Hall–Kier alpha value is -2.04. The normalized spacial score (nSPS) is 10.2. The van der Waals surface area contributed by atoms with Gasteiger partial charge in [0.15, 0.2) is 12.4 Å². The number of ether oxygens (including phenoxy) is 1. The number of halogens is 2. The molecular weight excluding hydrogens is 337 g/mol. The molecule has 0 saturated heterocycles. The van der Waals surface area contributed by atoms with E-state index in [1.807, 2.05) is 0 Å². The number of hydrogen-bond acceptors (Lipinski definition) is 3. The van der Waals surface area contributed by atoms with E-state index in [1.165, 1.54) is 0 Å². The average Bonchev–Trinajstić information content (AvgIpc) is 2.55. The highest BCUT2D eigenvalue weighted by molar-refractivity contribution is 6.36. The molecule has 1 N–H and O–H groups in total. The minimum absolute atomic E-state index is 0.0617. The van der Waals surface area contributed by atoms with Gasteiger partial charge in [-0.15, -0.1) is 0 Å². The molecule has 0 bridgehead atoms. The number of rotatable bonds is 6. The van der Waals surface area contributed by atoms with Gasteiger partial charge in [-0.25, -0.2) is 0 Å². The third-order valence-electron chi connectivity index (χ3n) is 3.07. The third-order valence-corrected chi connectivity index (χ3v) is 3.62. The summed E-state index contributed by atoms with van der Waals surface area (Å²) in [5, 5.41) is 3.48. The summed E-state index contributed by atoms with van der Waals surface area (Å²) in [6.07, 6.45) is 0.449. The first-order valence-corrected chi connectivity index (χ1v) is 7.76. The van der Waals surface area contributed by atoms with E-state index in [-0.39, 0.29) is 18.3 Å². The maximum atomic E-state index is 11.9. The van der Waals surface area contributed by atoms with Crippen LogP contribution in [0.2, 0.25) is 10.0 Å². The molecule has 0 aliphatic carbocycles. The zero-order valence-electron chi connectivity index (χ0n) is 12.4. The lowest BCUT2D eigenvalue weighted by Crippen LogP contribution is -2.20. The van der Waals surface area contributed by atoms with E-state index >= 15 is 0 Å². The summed E-state index contributed by atoms with van der Waals surface area (Å²) in [7, 11) is 0. The van der Waals surface area contributed by atoms with Crippen molar-refractivity contribution in [2.75, 3.05) is 11.9 Å². The number of hydrogen-bond donors (Lipinski definition) is 1. The lowest BCUT2D eigenvalue weighted by molar-refractivity contribution is -0.118. The van der Waals surface area contributed by atoms with Crippen molar-refractivity contribution >= 4 is 40.6 Å². The fourth-order valence-electron chi connectivity index (χ4n) is 1.87. The molecule has 4 nitrogen and oxygen atoms in total. The quantitative estimate of drug-likeness (QED) is 0.773. The van der Waals surface area contributed by atoms with Crippen molar-refractivity contribution in [1.82, 2.24) is 0 Å². The number of amides is 1. The van der Waals surface area contributed by atoms with E-state index < -0.39 is 0 Å². The Labute approximate surface area is 144 Å². The summed E-state index contributed by atoms with van der Waals surface area (Å²) < 4.78 is 5.38. The molecule has 0 unspecified atom stereocenters. The monoisotopic (exact) mass is 351 g/mol. The Morgan fingerprint density at radius 2 is 1.78 bits per heavy atom. The molecule has 0 aliphatic heterocycles. The van der Waals surface area contributed by atoms with Gasteiger partial charge < -0.3 is 10.1 Å². The van der Waals surface area contributed by atoms with Gasteiger partial charge in [-0.3, -0.25) is 9.59 Å². The molecular formula is C17H15Cl2NO3. The summed E-state index contributed by atoms with van der Waals surface area (Å²) in [5.74, 6) is 0.226. The second-order valence-electron chi connectivity index (χ2n) is 4.76. The summed E-state index contributed by atoms with van der Waals surface area (Å²) in [4.78, 5) is 23.4. The van der Waals surface area contributed by atoms with Gasteiger partial charge in [0.1, 0.15) is 5.75 Å². The average molecular weight is 352 g/mol. The van der Waals surface area contributed by atoms with Crippen molar-refractivity contribution in [3.63, 3.8) is 0 Å². The van der Waals surface area contributed by atoms with Crippen LogP contribution in [0.15, 0.2) is 42.5 Å². The smallest absolute Gasteiger partial charge is 0.262 e. The molecule has 6 heteroatoms. The molecule has 0 radical (unpaired) electrons. The summed E-state index contributed by atoms with van der Waals surface area (Å²) in [6, 6.07) is 11.5. The molecule has 0 fully saturated rings. The molecule has 0 aromatic heterocycles. The van der Waals surface area contributed by atoms with Gasteiger partial charge in [0, 0.05) is 17.0 Å². The van der Waals surface area contributed by atoms with Crippen molar-refractivity contribution in [3.05, 3.63) is 58.1 Å². The third kappa shape index (κ3) is 4.98. The van der Waals surface area contributed by atoms with E-state index in [0.29, 0.717) is 33.5 Å². The number of carbonyl (C=O) groups is 2. The fourth-order valence-corrected chi connectivity index (χ4v) is 2.32. The van der Waals surface area contributed by atoms with Crippen molar-refractivity contribution < 1.29 is 14.3 Å². The van der Waals surface area contributed by atoms with Crippen LogP contribution >= 0.6 is 23.2 Å². The van der Waals surface area contributed by atoms with Crippen LogP contribution < -0.4 is 10.1 Å². The van der Waals surface area contributed by atoms with Crippen molar-refractivity contribution in [3.8, 4) is 5.75 Å². The molecule has 0 heterocycles. The van der Waals surface area contributed by atoms with E-state index in [9.17, 15) is 9.59 Å². The maximum absolute atomic E-state index is 11.9. The maximum Gasteiger partial charge on any atom is 0.262 e. The Bertz CT molecular complexity index is 714. The Morgan fingerprint density at radius 1 is 1.09 bits per heavy atom. The van der Waals surface area contributed by atoms with Crippen LogP contribution in [0.1, 0.15) is 23.7 Å². The van der Waals surface area contributed by atoms with Crippen LogP contribution in [0.4, 0.5) is 5.69 Å². The number of anilines is 1. The SMILES string of the molecule is CCC(=O)c1ccc(OCC(=O)Nc2ccc(Cl)cc2Cl)cc1. The first-order valence-electron chi connectivity index (χ1n) is 7.00. The fraction of sp³-hybridized carbons (Fsp3) is 0.176. The molecule has 0 saturated carbocycles. The topological polar surface area (TPSA) is 55.4 Å². The van der Waals surface area contributed by atoms with Crippen LogP contribution in [0.3, 0.4) is 0 Å². The van der Waals surface area contributed by atoms with E-state index in [1.54, 1.807) is 49.4 Å². The molecule has 120 valence electrons. The van der Waals surface area contributed by atoms with E-state index in [2.05, 4.69) is 5.32 Å². The van der Waals surface area contributed by atoms with Gasteiger partial charge in [0.05, 0.1) is 10.7 Å². The largest absolute Gasteiger partial charge is 0.484 e. The van der Waals surface area contributed by atoms with Gasteiger partial charge in [-0.05, 0) is 42.5 Å². The highest BCUT2D eigenvalue weighted by atomic mass is 35.5. The van der Waals surface area contributed by atoms with Gasteiger partial charge in [-0.2, -0.15) is 0 Å². The zero-order chi connectivity index (χ0) is 16.8. The Kier molecular flexibility index (Phi) is 6.02. The van der Waals surface area contributed by atoms with Gasteiger partial charge in [0.2, 0.25) is 0 Å². The number of benzene rings is 2. The summed E-state index contributed by atoms with van der Waals surface area (Å²) >= 11 is 11.8. The van der Waals surface area contributed by atoms with Crippen LogP contribution in [0, 0.1) is 0 Å². The number of Topliss-reactive ketones (excluding diaryl/α,β-unsaturated/α-hetero) is 1.